The number of H-pyrrole nitrogens is 1. The standard InChI is InChI=1S/C19H19N7O6.C8H16/c20-19-25-15-14(17(30)26-19)23-11(8-22-15)7-21-10-3-1-9(2-4-10)16(29)24-12(18(31)32)5-6-13(27)28;1-2-4-6-8-7-5-3-1/h1-4,8,12,21H,5-7H2,(H,24,29)(H,27,28)(H,31,32)(H3,20,22,25,26,30);1-8H2. The second-order valence-electron chi connectivity index (χ2n) is 9.54. The normalized spacial score (nSPS) is 14.1. The zero-order chi connectivity index (χ0) is 28.9. The van der Waals surface area contributed by atoms with E-state index in [2.05, 4.69) is 30.6 Å². The van der Waals surface area contributed by atoms with E-state index in [9.17, 15) is 19.2 Å². The Labute approximate surface area is 230 Å². The summed E-state index contributed by atoms with van der Waals surface area (Å²) in [6.07, 6.45) is 12.8. The third-order valence-electron chi connectivity index (χ3n) is 6.36. The van der Waals surface area contributed by atoms with Gasteiger partial charge in [0.15, 0.2) is 11.2 Å². The van der Waals surface area contributed by atoms with E-state index < -0.39 is 29.4 Å². The lowest BCUT2D eigenvalue weighted by Gasteiger charge is -2.14. The van der Waals surface area contributed by atoms with Crippen LogP contribution in [0, 0.1) is 0 Å². The number of fused-ring (bicyclic) bond motifs is 1. The average Bonchev–Trinajstić information content (AvgIpc) is 2.90. The summed E-state index contributed by atoms with van der Waals surface area (Å²) in [5, 5.41) is 23.2. The van der Waals surface area contributed by atoms with E-state index in [0.717, 1.165) is 0 Å². The monoisotopic (exact) mass is 553 g/mol. The summed E-state index contributed by atoms with van der Waals surface area (Å²) in [6.45, 7) is 0.231. The number of anilines is 2. The summed E-state index contributed by atoms with van der Waals surface area (Å²) in [6, 6.07) is 4.86. The first-order valence-corrected chi connectivity index (χ1v) is 13.3. The first-order chi connectivity index (χ1) is 19.2. The highest BCUT2D eigenvalue weighted by atomic mass is 16.4. The van der Waals surface area contributed by atoms with Crippen molar-refractivity contribution in [3.05, 3.63) is 52.1 Å². The highest BCUT2D eigenvalue weighted by molar-refractivity contribution is 5.96. The molecular formula is C27H35N7O6. The Hall–Kier alpha value is -4.55. The molecule has 214 valence electrons. The van der Waals surface area contributed by atoms with Crippen molar-refractivity contribution in [1.82, 2.24) is 25.3 Å². The van der Waals surface area contributed by atoms with Gasteiger partial charge in [0.05, 0.1) is 18.4 Å². The molecule has 1 aliphatic carbocycles. The molecule has 1 saturated carbocycles. The molecule has 1 unspecified atom stereocenters. The van der Waals surface area contributed by atoms with E-state index in [4.69, 9.17) is 15.9 Å². The molecule has 13 heteroatoms. The van der Waals surface area contributed by atoms with Gasteiger partial charge in [-0.05, 0) is 30.7 Å². The molecule has 13 nitrogen and oxygen atoms in total. The Kier molecular flexibility index (Phi) is 11.4. The number of nitrogens with zero attached hydrogens (tertiary/aromatic N) is 3. The molecule has 1 amide bonds. The summed E-state index contributed by atoms with van der Waals surface area (Å²) in [7, 11) is 0. The van der Waals surface area contributed by atoms with Crippen LogP contribution in [0.4, 0.5) is 11.6 Å². The molecule has 0 saturated heterocycles. The number of hydrogen-bond acceptors (Lipinski definition) is 9. The number of benzene rings is 1. The van der Waals surface area contributed by atoms with Crippen LogP contribution in [0.25, 0.3) is 11.2 Å². The van der Waals surface area contributed by atoms with Gasteiger partial charge >= 0.3 is 11.9 Å². The molecule has 0 bridgehead atoms. The number of hydrogen-bond donors (Lipinski definition) is 6. The van der Waals surface area contributed by atoms with Gasteiger partial charge in [0.25, 0.3) is 11.5 Å². The Bertz CT molecular complexity index is 1340. The molecule has 1 aromatic carbocycles. The predicted molar refractivity (Wildman–Crippen MR) is 149 cm³/mol. The van der Waals surface area contributed by atoms with Crippen LogP contribution in [-0.4, -0.2) is 54.0 Å². The van der Waals surface area contributed by atoms with Gasteiger partial charge in [-0.3, -0.25) is 19.4 Å². The van der Waals surface area contributed by atoms with Crippen LogP contribution < -0.4 is 21.9 Å². The summed E-state index contributed by atoms with van der Waals surface area (Å²) < 4.78 is 0. The molecule has 2 heterocycles. The van der Waals surface area contributed by atoms with Gasteiger partial charge in [0.1, 0.15) is 6.04 Å². The van der Waals surface area contributed by atoms with Crippen molar-refractivity contribution in [2.75, 3.05) is 11.1 Å². The molecule has 7 N–H and O–H groups in total. The number of nitrogens with two attached hydrogens (primary N) is 1. The third kappa shape index (κ3) is 9.64. The lowest BCUT2D eigenvalue weighted by molar-refractivity contribution is -0.140. The van der Waals surface area contributed by atoms with E-state index in [-0.39, 0.29) is 42.1 Å². The number of aromatic nitrogens is 4. The van der Waals surface area contributed by atoms with Crippen LogP contribution >= 0.6 is 0 Å². The van der Waals surface area contributed by atoms with Crippen molar-refractivity contribution in [3.8, 4) is 0 Å². The number of aromatic amines is 1. The smallest absolute Gasteiger partial charge is 0.326 e. The predicted octanol–water partition coefficient (Wildman–Crippen LogP) is 3.08. The van der Waals surface area contributed by atoms with Gasteiger partial charge in [-0.2, -0.15) is 4.98 Å². The van der Waals surface area contributed by atoms with Crippen LogP contribution in [-0.2, 0) is 16.1 Å². The fourth-order valence-corrected chi connectivity index (χ4v) is 4.17. The van der Waals surface area contributed by atoms with Crippen LogP contribution in [0.1, 0.15) is 80.3 Å². The second-order valence-corrected chi connectivity index (χ2v) is 9.54. The maximum absolute atomic E-state index is 12.3. The number of amides is 1. The average molecular weight is 554 g/mol. The second kappa shape index (κ2) is 15.1. The van der Waals surface area contributed by atoms with Gasteiger partial charge in [-0.15, -0.1) is 0 Å². The molecule has 1 fully saturated rings. The van der Waals surface area contributed by atoms with E-state index in [1.807, 2.05) is 0 Å². The summed E-state index contributed by atoms with van der Waals surface area (Å²) in [5.74, 6) is -3.16. The fourth-order valence-electron chi connectivity index (χ4n) is 4.17. The van der Waals surface area contributed by atoms with Crippen LogP contribution in [0.3, 0.4) is 0 Å². The van der Waals surface area contributed by atoms with Gasteiger partial charge in [-0.1, -0.05) is 51.4 Å². The number of nitrogen functional groups attached to an aromatic ring is 1. The molecule has 1 atom stereocenters. The molecule has 40 heavy (non-hydrogen) atoms. The molecule has 1 aliphatic rings. The highest BCUT2D eigenvalue weighted by Gasteiger charge is 2.21. The lowest BCUT2D eigenvalue weighted by Crippen LogP contribution is -2.41. The highest BCUT2D eigenvalue weighted by Crippen LogP contribution is 2.15. The number of carbonyl (C=O) groups is 3. The quantitative estimate of drug-likeness (QED) is 0.226. The van der Waals surface area contributed by atoms with Crippen molar-refractivity contribution in [2.45, 2.75) is 76.8 Å². The minimum atomic E-state index is -1.31. The number of carboxylic acid groups (broad SMARTS) is 2. The molecule has 3 aromatic rings. The van der Waals surface area contributed by atoms with E-state index in [0.29, 0.717) is 11.4 Å². The summed E-state index contributed by atoms with van der Waals surface area (Å²) in [5.41, 5.74) is 6.47. The van der Waals surface area contributed by atoms with Crippen molar-refractivity contribution >= 4 is 40.6 Å². The number of carbonyl (C=O) groups excluding carboxylic acids is 1. The van der Waals surface area contributed by atoms with E-state index >= 15 is 0 Å². The largest absolute Gasteiger partial charge is 0.481 e. The first kappa shape index (κ1) is 30.0. The van der Waals surface area contributed by atoms with E-state index in [1.165, 1.54) is 69.7 Å². The maximum atomic E-state index is 12.3. The number of rotatable bonds is 9. The zero-order valence-electron chi connectivity index (χ0n) is 22.2. The van der Waals surface area contributed by atoms with Crippen LogP contribution in [0.2, 0.25) is 0 Å². The molecule has 0 radical (unpaired) electrons. The van der Waals surface area contributed by atoms with Gasteiger partial charge in [0.2, 0.25) is 5.95 Å². The van der Waals surface area contributed by atoms with Gasteiger partial charge in [0, 0.05) is 17.7 Å². The van der Waals surface area contributed by atoms with Gasteiger partial charge < -0.3 is 26.6 Å². The number of nitrogens with one attached hydrogen (secondary N) is 3. The van der Waals surface area contributed by atoms with Crippen molar-refractivity contribution in [1.29, 1.82) is 0 Å². The van der Waals surface area contributed by atoms with Gasteiger partial charge in [-0.25, -0.2) is 14.8 Å². The molecule has 4 rings (SSSR count). The maximum Gasteiger partial charge on any atom is 0.326 e. The first-order valence-electron chi connectivity index (χ1n) is 13.3. The Morgan fingerprint density at radius 3 is 2.10 bits per heavy atom. The molecular weight excluding hydrogens is 518 g/mol. The van der Waals surface area contributed by atoms with Crippen molar-refractivity contribution in [2.24, 2.45) is 0 Å². The zero-order valence-corrected chi connectivity index (χ0v) is 22.2. The summed E-state index contributed by atoms with van der Waals surface area (Å²) >= 11 is 0. The Morgan fingerprint density at radius 2 is 1.55 bits per heavy atom. The molecule has 0 spiro atoms. The number of carboxylic acids is 2. The molecule has 2 aromatic heterocycles. The minimum absolute atomic E-state index is 0.0524. The fraction of sp³-hybridized carbons (Fsp3) is 0.444. The van der Waals surface area contributed by atoms with Crippen molar-refractivity contribution < 1.29 is 24.6 Å². The Balaban J connectivity index is 0.000000472. The van der Waals surface area contributed by atoms with Crippen LogP contribution in [0.5, 0.6) is 0 Å². The topological polar surface area (TPSA) is 213 Å². The Morgan fingerprint density at radius 1 is 0.950 bits per heavy atom. The summed E-state index contributed by atoms with van der Waals surface area (Å²) in [4.78, 5) is 60.6. The van der Waals surface area contributed by atoms with Crippen molar-refractivity contribution in [3.63, 3.8) is 0 Å². The van der Waals surface area contributed by atoms with E-state index in [1.54, 1.807) is 12.1 Å². The minimum Gasteiger partial charge on any atom is -0.481 e. The number of aliphatic carboxylic acids is 2. The third-order valence-corrected chi connectivity index (χ3v) is 6.36. The molecule has 0 aliphatic heterocycles. The SMILES string of the molecule is C1CCCCCCC1.Nc1nc2ncc(CNc3ccc(C(=O)NC(CCC(=O)O)C(=O)O)cc3)nc2c(=O)[nH]1. The van der Waals surface area contributed by atoms with Crippen LogP contribution in [0.15, 0.2) is 35.3 Å². The lowest BCUT2D eigenvalue weighted by atomic mass is 10.0.